The van der Waals surface area contributed by atoms with Crippen LogP contribution >= 0.6 is 27.7 Å². The first kappa shape index (κ1) is 14.9. The predicted octanol–water partition coefficient (Wildman–Crippen LogP) is 4.39. The number of thioether (sulfide) groups is 1. The largest absolute Gasteiger partial charge is 0.456 e. The van der Waals surface area contributed by atoms with Crippen molar-refractivity contribution in [2.75, 3.05) is 6.26 Å². The maximum atomic E-state index is 13.5. The molecule has 0 saturated heterocycles. The number of nitrogens with one attached hydrogen (secondary N) is 1. The smallest absolute Gasteiger partial charge is 0.141 e. The van der Waals surface area contributed by atoms with Gasteiger partial charge in [0.1, 0.15) is 23.2 Å². The van der Waals surface area contributed by atoms with Crippen LogP contribution < -0.4 is 10.5 Å². The molecule has 3 nitrogen and oxygen atoms in total. The minimum absolute atomic E-state index is 0.0810. The Morgan fingerprint density at radius 2 is 2.10 bits per heavy atom. The van der Waals surface area contributed by atoms with Crippen molar-refractivity contribution < 1.29 is 9.13 Å². The number of nitrogens with two attached hydrogens (primary N) is 1. The molecule has 0 atom stereocenters. The van der Waals surface area contributed by atoms with Crippen molar-refractivity contribution in [3.05, 3.63) is 52.3 Å². The molecule has 0 radical (unpaired) electrons. The number of amidine groups is 1. The van der Waals surface area contributed by atoms with Gasteiger partial charge in [-0.2, -0.15) is 0 Å². The number of hydrogen-bond acceptors (Lipinski definition) is 3. The van der Waals surface area contributed by atoms with Gasteiger partial charge in [0.15, 0.2) is 0 Å². The van der Waals surface area contributed by atoms with Crippen LogP contribution in [0.15, 0.2) is 45.8 Å². The Morgan fingerprint density at radius 3 is 2.70 bits per heavy atom. The van der Waals surface area contributed by atoms with E-state index in [9.17, 15) is 4.39 Å². The van der Waals surface area contributed by atoms with Gasteiger partial charge >= 0.3 is 0 Å². The highest BCUT2D eigenvalue weighted by Crippen LogP contribution is 2.32. The van der Waals surface area contributed by atoms with Crippen molar-refractivity contribution in [1.29, 1.82) is 5.41 Å². The summed E-state index contributed by atoms with van der Waals surface area (Å²) in [6.45, 7) is 0. The molecule has 3 N–H and O–H groups in total. The molecule has 0 bridgehead atoms. The zero-order chi connectivity index (χ0) is 14.7. The molecule has 20 heavy (non-hydrogen) atoms. The maximum absolute atomic E-state index is 13.5. The highest BCUT2D eigenvalue weighted by molar-refractivity contribution is 9.10. The molecule has 6 heteroatoms. The Labute approximate surface area is 129 Å². The minimum Gasteiger partial charge on any atom is -0.456 e. The molecule has 0 aliphatic carbocycles. The minimum atomic E-state index is -0.409. The highest BCUT2D eigenvalue weighted by atomic mass is 79.9. The van der Waals surface area contributed by atoms with Gasteiger partial charge < -0.3 is 10.5 Å². The van der Waals surface area contributed by atoms with E-state index in [0.717, 1.165) is 4.90 Å². The Hall–Kier alpha value is -1.53. The van der Waals surface area contributed by atoms with Gasteiger partial charge in [-0.1, -0.05) is 6.07 Å². The fourth-order valence-electron chi connectivity index (χ4n) is 1.70. The van der Waals surface area contributed by atoms with E-state index in [4.69, 9.17) is 15.9 Å². The average Bonchev–Trinajstić information content (AvgIpc) is 2.42. The van der Waals surface area contributed by atoms with Crippen molar-refractivity contribution in [2.24, 2.45) is 5.73 Å². The van der Waals surface area contributed by atoms with Crippen LogP contribution in [0, 0.1) is 11.2 Å². The highest BCUT2D eigenvalue weighted by Gasteiger charge is 2.13. The summed E-state index contributed by atoms with van der Waals surface area (Å²) in [5.74, 6) is 0.299. The summed E-state index contributed by atoms with van der Waals surface area (Å²) in [5, 5.41) is 7.67. The average molecular weight is 355 g/mol. The van der Waals surface area contributed by atoms with Gasteiger partial charge in [-0.25, -0.2) is 4.39 Å². The SMILES string of the molecule is CSc1cccc(Oc2ccc(Br)c(F)c2)c1C(=N)N. The van der Waals surface area contributed by atoms with Crippen LogP contribution in [0.3, 0.4) is 0 Å². The van der Waals surface area contributed by atoms with E-state index in [-0.39, 0.29) is 5.84 Å². The number of ether oxygens (including phenoxy) is 1. The summed E-state index contributed by atoms with van der Waals surface area (Å²) in [5.41, 5.74) is 6.12. The van der Waals surface area contributed by atoms with Crippen molar-refractivity contribution in [3.63, 3.8) is 0 Å². The fourth-order valence-corrected chi connectivity index (χ4v) is 2.57. The number of benzene rings is 2. The number of hydrogen-bond donors (Lipinski definition) is 2. The van der Waals surface area contributed by atoms with Gasteiger partial charge in [0, 0.05) is 11.0 Å². The van der Waals surface area contributed by atoms with E-state index in [0.29, 0.717) is 21.5 Å². The van der Waals surface area contributed by atoms with E-state index >= 15 is 0 Å². The molecule has 104 valence electrons. The molecule has 0 heterocycles. The zero-order valence-electron chi connectivity index (χ0n) is 10.6. The van der Waals surface area contributed by atoms with Crippen molar-refractivity contribution in [3.8, 4) is 11.5 Å². The lowest BCUT2D eigenvalue weighted by molar-refractivity contribution is 0.473. The van der Waals surface area contributed by atoms with Gasteiger partial charge in [0.2, 0.25) is 0 Å². The Kier molecular flexibility index (Phi) is 4.67. The first-order chi connectivity index (χ1) is 9.52. The van der Waals surface area contributed by atoms with Crippen LogP contribution in [0.2, 0.25) is 0 Å². The second kappa shape index (κ2) is 6.28. The molecule has 0 unspecified atom stereocenters. The van der Waals surface area contributed by atoms with Crippen molar-refractivity contribution in [1.82, 2.24) is 0 Å². The maximum Gasteiger partial charge on any atom is 0.141 e. The van der Waals surface area contributed by atoms with E-state index in [2.05, 4.69) is 15.9 Å². The van der Waals surface area contributed by atoms with E-state index in [1.54, 1.807) is 18.2 Å². The van der Waals surface area contributed by atoms with E-state index < -0.39 is 5.82 Å². The number of rotatable bonds is 4. The summed E-state index contributed by atoms with van der Waals surface area (Å²) < 4.78 is 19.5. The summed E-state index contributed by atoms with van der Waals surface area (Å²) in [6.07, 6.45) is 1.89. The second-order valence-corrected chi connectivity index (χ2v) is 5.63. The fraction of sp³-hybridized carbons (Fsp3) is 0.0714. The zero-order valence-corrected chi connectivity index (χ0v) is 13.0. The molecule has 0 spiro atoms. The Morgan fingerprint density at radius 1 is 1.35 bits per heavy atom. The lowest BCUT2D eigenvalue weighted by Crippen LogP contribution is -2.13. The molecule has 2 rings (SSSR count). The molecular formula is C14H12BrFN2OS. The van der Waals surface area contributed by atoms with Crippen LogP contribution in [0.25, 0.3) is 0 Å². The summed E-state index contributed by atoms with van der Waals surface area (Å²) in [4.78, 5) is 0.840. The number of halogens is 2. The molecule has 0 aliphatic heterocycles. The van der Waals surface area contributed by atoms with Crippen LogP contribution in [0.5, 0.6) is 11.5 Å². The Bertz CT molecular complexity index is 664. The lowest BCUT2D eigenvalue weighted by Gasteiger charge is -2.13. The molecule has 0 saturated carbocycles. The van der Waals surface area contributed by atoms with Crippen LogP contribution in [0.4, 0.5) is 4.39 Å². The third-order valence-electron chi connectivity index (χ3n) is 2.60. The van der Waals surface area contributed by atoms with Gasteiger partial charge in [-0.05, 0) is 46.5 Å². The summed E-state index contributed by atoms with van der Waals surface area (Å²) >= 11 is 4.56. The Balaban J connectivity index is 2.42. The summed E-state index contributed by atoms with van der Waals surface area (Å²) in [7, 11) is 0. The molecule has 0 amide bonds. The monoisotopic (exact) mass is 354 g/mol. The molecule has 2 aromatic carbocycles. The van der Waals surface area contributed by atoms with E-state index in [1.165, 1.54) is 17.8 Å². The van der Waals surface area contributed by atoms with Crippen LogP contribution in [-0.4, -0.2) is 12.1 Å². The third-order valence-corrected chi connectivity index (χ3v) is 4.02. The molecule has 0 fully saturated rings. The number of nitrogen functional groups attached to an aromatic ring is 1. The van der Waals surface area contributed by atoms with Crippen molar-refractivity contribution >= 4 is 33.5 Å². The van der Waals surface area contributed by atoms with E-state index in [1.807, 2.05) is 18.4 Å². The summed E-state index contributed by atoms with van der Waals surface area (Å²) in [6, 6.07) is 9.86. The standard InChI is InChI=1S/C14H12BrFN2OS/c1-20-12-4-2-3-11(13(12)14(17)18)19-8-5-6-9(15)10(16)7-8/h2-7H,1H3,(H3,17,18). The quantitative estimate of drug-likeness (QED) is 0.486. The van der Waals surface area contributed by atoms with Crippen LogP contribution in [-0.2, 0) is 0 Å². The lowest BCUT2D eigenvalue weighted by atomic mass is 10.2. The van der Waals surface area contributed by atoms with Gasteiger partial charge in [0.25, 0.3) is 0 Å². The molecule has 0 aliphatic rings. The second-order valence-electron chi connectivity index (χ2n) is 3.93. The van der Waals surface area contributed by atoms with Crippen LogP contribution in [0.1, 0.15) is 5.56 Å². The molecule has 0 aromatic heterocycles. The van der Waals surface area contributed by atoms with Gasteiger partial charge in [-0.3, -0.25) is 5.41 Å². The molecule has 2 aromatic rings. The van der Waals surface area contributed by atoms with Gasteiger partial charge in [-0.15, -0.1) is 11.8 Å². The van der Waals surface area contributed by atoms with Gasteiger partial charge in [0.05, 0.1) is 10.0 Å². The normalized spacial score (nSPS) is 10.3. The third kappa shape index (κ3) is 3.13. The van der Waals surface area contributed by atoms with Crippen molar-refractivity contribution in [2.45, 2.75) is 4.90 Å². The predicted molar refractivity (Wildman–Crippen MR) is 83.4 cm³/mol. The first-order valence-electron chi connectivity index (χ1n) is 5.67. The molecular weight excluding hydrogens is 343 g/mol. The first-order valence-corrected chi connectivity index (χ1v) is 7.69. The topological polar surface area (TPSA) is 59.1 Å².